The predicted molar refractivity (Wildman–Crippen MR) is 123 cm³/mol. The van der Waals surface area contributed by atoms with Gasteiger partial charge in [-0.15, -0.1) is 11.3 Å². The van der Waals surface area contributed by atoms with Crippen LogP contribution in [0.1, 0.15) is 28.8 Å². The Morgan fingerprint density at radius 1 is 0.871 bits per heavy atom. The fourth-order valence-corrected chi connectivity index (χ4v) is 4.22. The van der Waals surface area contributed by atoms with Crippen LogP contribution >= 0.6 is 11.3 Å². The van der Waals surface area contributed by atoms with Crippen LogP contribution in [0.3, 0.4) is 0 Å². The monoisotopic (exact) mass is 433 g/mol. The molecule has 0 unspecified atom stereocenters. The average Bonchev–Trinajstić information content (AvgIpc) is 3.52. The number of hydrogen-bond donors (Lipinski definition) is 1. The summed E-state index contributed by atoms with van der Waals surface area (Å²) in [5.74, 6) is -0.0287. The molecule has 3 amide bonds. The number of nitrogens with zero attached hydrogens (tertiary/aromatic N) is 2. The SMILES string of the molecule is O=C(CN(C(=O)NCc1ccccc1)C1CC1)N(Cc1ccccc1)Cc1cccs1. The van der Waals surface area contributed by atoms with Crippen LogP contribution in [0, 0.1) is 0 Å². The lowest BCUT2D eigenvalue weighted by atomic mass is 10.2. The number of hydrogen-bond acceptors (Lipinski definition) is 3. The van der Waals surface area contributed by atoms with Crippen molar-refractivity contribution in [1.29, 1.82) is 0 Å². The van der Waals surface area contributed by atoms with Crippen LogP contribution in [-0.2, 0) is 24.4 Å². The first-order valence-corrected chi connectivity index (χ1v) is 11.5. The number of rotatable bonds is 9. The van der Waals surface area contributed by atoms with E-state index in [9.17, 15) is 9.59 Å². The van der Waals surface area contributed by atoms with Crippen molar-refractivity contribution in [2.24, 2.45) is 0 Å². The lowest BCUT2D eigenvalue weighted by Crippen LogP contribution is -2.47. The highest BCUT2D eigenvalue weighted by atomic mass is 32.1. The molecule has 0 saturated heterocycles. The third kappa shape index (κ3) is 6.18. The minimum absolute atomic E-state index is 0.0287. The zero-order valence-corrected chi connectivity index (χ0v) is 18.3. The highest BCUT2D eigenvalue weighted by Crippen LogP contribution is 2.27. The molecule has 31 heavy (non-hydrogen) atoms. The Morgan fingerprint density at radius 2 is 1.55 bits per heavy atom. The number of benzene rings is 2. The first-order chi connectivity index (χ1) is 15.2. The third-order valence-corrected chi connectivity index (χ3v) is 6.20. The second-order valence-electron chi connectivity index (χ2n) is 7.82. The largest absolute Gasteiger partial charge is 0.334 e. The van der Waals surface area contributed by atoms with Gasteiger partial charge in [0.1, 0.15) is 6.54 Å². The standard InChI is InChI=1S/C25H27N3O2S/c29-24(27(18-23-12-7-15-31-23)17-21-10-5-2-6-11-21)19-28(22-13-14-22)25(30)26-16-20-8-3-1-4-9-20/h1-12,15,22H,13-14,16-19H2,(H,26,30). The minimum Gasteiger partial charge on any atom is -0.334 e. The fraction of sp³-hybridized carbons (Fsp3) is 0.280. The summed E-state index contributed by atoms with van der Waals surface area (Å²) < 4.78 is 0. The maximum Gasteiger partial charge on any atom is 0.318 e. The lowest BCUT2D eigenvalue weighted by molar-refractivity contribution is -0.133. The minimum atomic E-state index is -0.171. The molecule has 1 heterocycles. The first-order valence-electron chi connectivity index (χ1n) is 10.6. The average molecular weight is 434 g/mol. The number of urea groups is 1. The number of nitrogens with one attached hydrogen (secondary N) is 1. The van der Waals surface area contributed by atoms with Gasteiger partial charge in [-0.1, -0.05) is 66.7 Å². The molecule has 0 spiro atoms. The molecule has 4 rings (SSSR count). The smallest absolute Gasteiger partial charge is 0.318 e. The van der Waals surface area contributed by atoms with Gasteiger partial charge in [0, 0.05) is 24.0 Å². The van der Waals surface area contributed by atoms with E-state index in [0.717, 1.165) is 28.8 Å². The molecule has 0 radical (unpaired) electrons. The Balaban J connectivity index is 1.42. The van der Waals surface area contributed by atoms with Crippen molar-refractivity contribution in [3.8, 4) is 0 Å². The zero-order chi connectivity index (χ0) is 21.5. The highest BCUT2D eigenvalue weighted by Gasteiger charge is 2.34. The zero-order valence-electron chi connectivity index (χ0n) is 17.4. The van der Waals surface area contributed by atoms with E-state index < -0.39 is 0 Å². The number of amides is 3. The van der Waals surface area contributed by atoms with Gasteiger partial charge in [-0.3, -0.25) is 4.79 Å². The van der Waals surface area contributed by atoms with Gasteiger partial charge in [0.25, 0.3) is 0 Å². The Labute approximate surface area is 187 Å². The normalized spacial score (nSPS) is 12.9. The van der Waals surface area contributed by atoms with Crippen LogP contribution in [0.2, 0.25) is 0 Å². The van der Waals surface area contributed by atoms with Crippen molar-refractivity contribution in [3.05, 3.63) is 94.2 Å². The molecule has 5 nitrogen and oxygen atoms in total. The lowest BCUT2D eigenvalue weighted by Gasteiger charge is -2.28. The Hall–Kier alpha value is -3.12. The van der Waals surface area contributed by atoms with Gasteiger partial charge >= 0.3 is 6.03 Å². The molecule has 2 aromatic carbocycles. The van der Waals surface area contributed by atoms with Gasteiger partial charge in [-0.2, -0.15) is 0 Å². The molecule has 6 heteroatoms. The van der Waals surface area contributed by atoms with E-state index in [2.05, 4.69) is 5.32 Å². The molecule has 1 fully saturated rings. The molecular weight excluding hydrogens is 406 g/mol. The summed E-state index contributed by atoms with van der Waals surface area (Å²) in [6.07, 6.45) is 1.91. The Morgan fingerprint density at radius 3 is 2.16 bits per heavy atom. The van der Waals surface area contributed by atoms with Crippen molar-refractivity contribution >= 4 is 23.3 Å². The maximum atomic E-state index is 13.3. The first kappa shape index (κ1) is 21.1. The van der Waals surface area contributed by atoms with E-state index in [1.807, 2.05) is 83.1 Å². The predicted octanol–water partition coefficient (Wildman–Crippen LogP) is 4.65. The highest BCUT2D eigenvalue weighted by molar-refractivity contribution is 7.09. The molecular formula is C25H27N3O2S. The van der Waals surface area contributed by atoms with Crippen molar-refractivity contribution in [2.45, 2.75) is 38.5 Å². The summed E-state index contributed by atoms with van der Waals surface area (Å²) >= 11 is 1.64. The summed E-state index contributed by atoms with van der Waals surface area (Å²) in [5.41, 5.74) is 2.13. The van der Waals surface area contributed by atoms with E-state index in [1.165, 1.54) is 0 Å². The van der Waals surface area contributed by atoms with E-state index in [-0.39, 0.29) is 24.5 Å². The van der Waals surface area contributed by atoms with Gasteiger partial charge in [0.15, 0.2) is 0 Å². The quantitative estimate of drug-likeness (QED) is 0.534. The van der Waals surface area contributed by atoms with Gasteiger partial charge in [-0.05, 0) is 35.4 Å². The second-order valence-corrected chi connectivity index (χ2v) is 8.85. The van der Waals surface area contributed by atoms with Gasteiger partial charge in [0.2, 0.25) is 5.91 Å². The van der Waals surface area contributed by atoms with Gasteiger partial charge in [-0.25, -0.2) is 4.79 Å². The van der Waals surface area contributed by atoms with E-state index >= 15 is 0 Å². The molecule has 0 aliphatic heterocycles. The topological polar surface area (TPSA) is 52.7 Å². The molecule has 1 aromatic heterocycles. The number of carbonyl (C=O) groups is 2. The van der Waals surface area contributed by atoms with Crippen molar-refractivity contribution < 1.29 is 9.59 Å². The molecule has 1 aliphatic rings. The Bertz CT molecular complexity index is 973. The van der Waals surface area contributed by atoms with E-state index in [0.29, 0.717) is 19.6 Å². The molecule has 0 bridgehead atoms. The van der Waals surface area contributed by atoms with Crippen LogP contribution in [-0.4, -0.2) is 34.3 Å². The summed E-state index contributed by atoms with van der Waals surface area (Å²) in [5, 5.41) is 5.00. The molecule has 1 saturated carbocycles. The van der Waals surface area contributed by atoms with Crippen LogP contribution in [0.4, 0.5) is 4.79 Å². The summed E-state index contributed by atoms with van der Waals surface area (Å²) in [6, 6.07) is 23.8. The van der Waals surface area contributed by atoms with Crippen molar-refractivity contribution in [2.75, 3.05) is 6.54 Å². The van der Waals surface area contributed by atoms with Crippen LogP contribution < -0.4 is 5.32 Å². The Kier molecular flexibility index (Phi) is 6.99. The van der Waals surface area contributed by atoms with Gasteiger partial charge < -0.3 is 15.1 Å². The number of thiophene rings is 1. The van der Waals surface area contributed by atoms with Crippen LogP contribution in [0.5, 0.6) is 0 Å². The van der Waals surface area contributed by atoms with E-state index in [4.69, 9.17) is 0 Å². The second kappa shape index (κ2) is 10.3. The molecule has 1 N–H and O–H groups in total. The van der Waals surface area contributed by atoms with Crippen molar-refractivity contribution in [1.82, 2.24) is 15.1 Å². The number of carbonyl (C=O) groups excluding carboxylic acids is 2. The summed E-state index contributed by atoms with van der Waals surface area (Å²) in [6.45, 7) is 1.64. The van der Waals surface area contributed by atoms with Crippen LogP contribution in [0.15, 0.2) is 78.2 Å². The molecule has 160 valence electrons. The van der Waals surface area contributed by atoms with Gasteiger partial charge in [0.05, 0.1) is 6.54 Å². The molecule has 3 aromatic rings. The van der Waals surface area contributed by atoms with Crippen LogP contribution in [0.25, 0.3) is 0 Å². The van der Waals surface area contributed by atoms with Crippen molar-refractivity contribution in [3.63, 3.8) is 0 Å². The van der Waals surface area contributed by atoms with E-state index in [1.54, 1.807) is 16.2 Å². The molecule has 1 aliphatic carbocycles. The maximum absolute atomic E-state index is 13.3. The summed E-state index contributed by atoms with van der Waals surface area (Å²) in [4.78, 5) is 30.9. The molecule has 0 atom stereocenters. The fourth-order valence-electron chi connectivity index (χ4n) is 3.50. The summed E-state index contributed by atoms with van der Waals surface area (Å²) in [7, 11) is 0. The third-order valence-electron chi connectivity index (χ3n) is 5.34.